The quantitative estimate of drug-likeness (QED) is 0.765. The van der Waals surface area contributed by atoms with Crippen molar-refractivity contribution < 1.29 is 9.13 Å². The lowest BCUT2D eigenvalue weighted by atomic mass is 10.3. The van der Waals surface area contributed by atoms with Gasteiger partial charge in [0.2, 0.25) is 0 Å². The van der Waals surface area contributed by atoms with Crippen LogP contribution >= 0.6 is 0 Å². The molecular weight excluding hydrogens is 195 g/mol. The van der Waals surface area contributed by atoms with Crippen LogP contribution in [0, 0.1) is 5.82 Å². The third-order valence-electron chi connectivity index (χ3n) is 1.83. The van der Waals surface area contributed by atoms with Crippen molar-refractivity contribution in [2.75, 3.05) is 5.73 Å². The fraction of sp³-hybridized carbons (Fsp3) is 0. The lowest BCUT2D eigenvalue weighted by molar-refractivity contribution is 0.442. The number of aromatic nitrogens is 1. The maximum absolute atomic E-state index is 13.3. The van der Waals surface area contributed by atoms with Gasteiger partial charge in [-0.3, -0.25) is 4.98 Å². The normalized spacial score (nSPS) is 9.93. The van der Waals surface area contributed by atoms with Gasteiger partial charge in [0.1, 0.15) is 5.75 Å². The van der Waals surface area contributed by atoms with E-state index in [0.717, 1.165) is 0 Å². The average molecular weight is 204 g/mol. The molecule has 76 valence electrons. The Morgan fingerprint density at radius 2 is 1.87 bits per heavy atom. The Morgan fingerprint density at radius 1 is 1.13 bits per heavy atom. The number of nitrogen functional groups attached to an aromatic ring is 1. The molecule has 2 N–H and O–H groups in total. The first kappa shape index (κ1) is 9.45. The zero-order chi connectivity index (χ0) is 10.7. The van der Waals surface area contributed by atoms with Gasteiger partial charge in [0, 0.05) is 24.1 Å². The highest BCUT2D eigenvalue weighted by Gasteiger charge is 2.04. The highest BCUT2D eigenvalue weighted by atomic mass is 19.1. The largest absolute Gasteiger partial charge is 0.454 e. The van der Waals surface area contributed by atoms with Crippen molar-refractivity contribution in [3.8, 4) is 11.5 Å². The standard InChI is InChI=1S/C11H9FN2O/c12-10-7-8(13)1-2-11(10)15-9-3-5-14-6-4-9/h1-7H,13H2. The molecule has 1 aromatic carbocycles. The number of benzene rings is 1. The molecule has 0 aliphatic heterocycles. The third kappa shape index (κ3) is 2.22. The van der Waals surface area contributed by atoms with Gasteiger partial charge in [0.05, 0.1) is 0 Å². The van der Waals surface area contributed by atoms with E-state index in [9.17, 15) is 4.39 Å². The number of nitrogens with zero attached hydrogens (tertiary/aromatic N) is 1. The summed E-state index contributed by atoms with van der Waals surface area (Å²) >= 11 is 0. The molecule has 0 spiro atoms. The fourth-order valence-electron chi connectivity index (χ4n) is 1.13. The summed E-state index contributed by atoms with van der Waals surface area (Å²) in [5.74, 6) is 0.205. The number of halogens is 1. The minimum absolute atomic E-state index is 0.149. The monoisotopic (exact) mass is 204 g/mol. The molecule has 0 radical (unpaired) electrons. The van der Waals surface area contributed by atoms with Gasteiger partial charge < -0.3 is 10.5 Å². The van der Waals surface area contributed by atoms with Crippen molar-refractivity contribution in [1.29, 1.82) is 0 Å². The predicted molar refractivity (Wildman–Crippen MR) is 55.1 cm³/mol. The highest BCUT2D eigenvalue weighted by Crippen LogP contribution is 2.24. The van der Waals surface area contributed by atoms with E-state index in [1.54, 1.807) is 30.6 Å². The van der Waals surface area contributed by atoms with E-state index in [1.165, 1.54) is 12.1 Å². The van der Waals surface area contributed by atoms with Crippen LogP contribution in [-0.2, 0) is 0 Å². The van der Waals surface area contributed by atoms with Crippen molar-refractivity contribution in [3.05, 3.63) is 48.5 Å². The third-order valence-corrected chi connectivity index (χ3v) is 1.83. The fourth-order valence-corrected chi connectivity index (χ4v) is 1.13. The second-order valence-electron chi connectivity index (χ2n) is 2.97. The van der Waals surface area contributed by atoms with Crippen LogP contribution in [0.5, 0.6) is 11.5 Å². The number of pyridine rings is 1. The first-order valence-electron chi connectivity index (χ1n) is 4.38. The Balaban J connectivity index is 2.25. The van der Waals surface area contributed by atoms with Crippen LogP contribution in [0.4, 0.5) is 10.1 Å². The van der Waals surface area contributed by atoms with Crippen LogP contribution < -0.4 is 10.5 Å². The molecule has 1 aromatic heterocycles. The van der Waals surface area contributed by atoms with E-state index >= 15 is 0 Å². The van der Waals surface area contributed by atoms with Gasteiger partial charge in [0.15, 0.2) is 11.6 Å². The Bertz CT molecular complexity index is 459. The maximum atomic E-state index is 13.3. The summed E-state index contributed by atoms with van der Waals surface area (Å²) in [6, 6.07) is 7.59. The first-order chi connectivity index (χ1) is 7.25. The summed E-state index contributed by atoms with van der Waals surface area (Å²) in [6.45, 7) is 0. The van der Waals surface area contributed by atoms with Crippen LogP contribution in [0.3, 0.4) is 0 Å². The minimum Gasteiger partial charge on any atom is -0.454 e. The zero-order valence-corrected chi connectivity index (χ0v) is 7.85. The Morgan fingerprint density at radius 3 is 2.53 bits per heavy atom. The molecule has 0 atom stereocenters. The van der Waals surface area contributed by atoms with Gasteiger partial charge in [-0.25, -0.2) is 4.39 Å². The van der Waals surface area contributed by atoms with Gasteiger partial charge in [0.25, 0.3) is 0 Å². The summed E-state index contributed by atoms with van der Waals surface area (Å²) in [6.07, 6.45) is 3.15. The SMILES string of the molecule is Nc1ccc(Oc2ccncc2)c(F)c1. The van der Waals surface area contributed by atoms with Gasteiger partial charge in [-0.05, 0) is 24.3 Å². The Kier molecular flexibility index (Phi) is 2.49. The first-order valence-corrected chi connectivity index (χ1v) is 4.38. The second-order valence-corrected chi connectivity index (χ2v) is 2.97. The van der Waals surface area contributed by atoms with E-state index in [1.807, 2.05) is 0 Å². The van der Waals surface area contributed by atoms with Crippen molar-refractivity contribution >= 4 is 5.69 Å². The van der Waals surface area contributed by atoms with Crippen LogP contribution in [-0.4, -0.2) is 4.98 Å². The van der Waals surface area contributed by atoms with E-state index in [-0.39, 0.29) is 5.75 Å². The molecule has 0 amide bonds. The van der Waals surface area contributed by atoms with Crippen molar-refractivity contribution in [1.82, 2.24) is 4.98 Å². The molecule has 15 heavy (non-hydrogen) atoms. The molecule has 2 rings (SSSR count). The number of rotatable bonds is 2. The van der Waals surface area contributed by atoms with Gasteiger partial charge in [-0.15, -0.1) is 0 Å². The average Bonchev–Trinajstić information content (AvgIpc) is 2.24. The number of hydrogen-bond acceptors (Lipinski definition) is 3. The van der Waals surface area contributed by atoms with Crippen LogP contribution in [0.1, 0.15) is 0 Å². The molecule has 0 bridgehead atoms. The predicted octanol–water partition coefficient (Wildman–Crippen LogP) is 2.60. The van der Waals surface area contributed by atoms with Crippen LogP contribution in [0.15, 0.2) is 42.7 Å². The molecule has 0 saturated heterocycles. The van der Waals surface area contributed by atoms with E-state index in [4.69, 9.17) is 10.5 Å². The number of hydrogen-bond donors (Lipinski definition) is 1. The molecule has 0 unspecified atom stereocenters. The molecular formula is C11H9FN2O. The number of ether oxygens (including phenoxy) is 1. The summed E-state index contributed by atoms with van der Waals surface area (Å²) in [5.41, 5.74) is 5.79. The number of nitrogens with two attached hydrogens (primary N) is 1. The summed E-state index contributed by atoms with van der Waals surface area (Å²) in [7, 11) is 0. The van der Waals surface area contributed by atoms with Crippen molar-refractivity contribution in [3.63, 3.8) is 0 Å². The summed E-state index contributed by atoms with van der Waals surface area (Å²) < 4.78 is 18.6. The molecule has 0 aliphatic carbocycles. The molecule has 2 aromatic rings. The topological polar surface area (TPSA) is 48.1 Å². The lowest BCUT2D eigenvalue weighted by Gasteiger charge is -2.06. The molecule has 0 aliphatic rings. The van der Waals surface area contributed by atoms with E-state index in [0.29, 0.717) is 11.4 Å². The molecule has 0 fully saturated rings. The van der Waals surface area contributed by atoms with E-state index in [2.05, 4.69) is 4.98 Å². The van der Waals surface area contributed by atoms with E-state index < -0.39 is 5.82 Å². The molecule has 1 heterocycles. The Hall–Kier alpha value is -2.10. The van der Waals surface area contributed by atoms with Gasteiger partial charge in [-0.2, -0.15) is 0 Å². The number of anilines is 1. The van der Waals surface area contributed by atoms with Crippen molar-refractivity contribution in [2.24, 2.45) is 0 Å². The maximum Gasteiger partial charge on any atom is 0.167 e. The Labute approximate surface area is 86.3 Å². The van der Waals surface area contributed by atoms with Gasteiger partial charge in [-0.1, -0.05) is 0 Å². The van der Waals surface area contributed by atoms with Gasteiger partial charge >= 0.3 is 0 Å². The smallest absolute Gasteiger partial charge is 0.167 e. The summed E-state index contributed by atoms with van der Waals surface area (Å²) in [5, 5.41) is 0. The summed E-state index contributed by atoms with van der Waals surface area (Å²) in [4.78, 5) is 3.83. The van der Waals surface area contributed by atoms with Crippen LogP contribution in [0.2, 0.25) is 0 Å². The lowest BCUT2D eigenvalue weighted by Crippen LogP contribution is -1.91. The molecule has 3 nitrogen and oxygen atoms in total. The molecule has 4 heteroatoms. The second kappa shape index (κ2) is 3.96. The zero-order valence-electron chi connectivity index (χ0n) is 7.85. The van der Waals surface area contributed by atoms with Crippen molar-refractivity contribution in [2.45, 2.75) is 0 Å². The minimum atomic E-state index is -0.480. The van der Waals surface area contributed by atoms with Crippen LogP contribution in [0.25, 0.3) is 0 Å². The molecule has 0 saturated carbocycles. The highest BCUT2D eigenvalue weighted by molar-refractivity contribution is 5.44.